The molecule has 0 aliphatic heterocycles. The molecule has 0 spiro atoms. The van der Waals surface area contributed by atoms with Crippen LogP contribution in [0.15, 0.2) is 48.7 Å². The highest BCUT2D eigenvalue weighted by atomic mass is 19.1. The molecule has 2 aromatic carbocycles. The normalized spacial score (nSPS) is 12.3. The Kier molecular flexibility index (Phi) is 3.97. The van der Waals surface area contributed by atoms with Crippen molar-refractivity contribution in [3.8, 4) is 5.75 Å². The molecule has 6 heteroatoms. The van der Waals surface area contributed by atoms with Gasteiger partial charge in [0.05, 0.1) is 13.0 Å². The predicted molar refractivity (Wildman–Crippen MR) is 85.0 cm³/mol. The fourth-order valence-electron chi connectivity index (χ4n) is 2.77. The van der Waals surface area contributed by atoms with E-state index >= 15 is 0 Å². The van der Waals surface area contributed by atoms with Crippen molar-refractivity contribution >= 4 is 10.9 Å². The number of hydrogen-bond donors (Lipinski definition) is 1. The molecule has 0 amide bonds. The van der Waals surface area contributed by atoms with Gasteiger partial charge in [-0.1, -0.05) is 12.1 Å². The number of halogens is 1. The Morgan fingerprint density at radius 1 is 1.26 bits per heavy atom. The minimum atomic E-state index is -0.466. The number of hydrogen-bond acceptors (Lipinski definition) is 3. The van der Waals surface area contributed by atoms with Gasteiger partial charge < -0.3 is 9.72 Å². The molecule has 118 valence electrons. The second-order valence-electron chi connectivity index (χ2n) is 5.27. The summed E-state index contributed by atoms with van der Waals surface area (Å²) < 4.78 is 18.7. The third-order valence-electron chi connectivity index (χ3n) is 3.90. The molecule has 0 saturated carbocycles. The summed E-state index contributed by atoms with van der Waals surface area (Å²) in [6, 6.07) is 11.5. The molecule has 1 heterocycles. The maximum Gasteiger partial charge on any atom is 0.214 e. The maximum absolute atomic E-state index is 13.6. The summed E-state index contributed by atoms with van der Waals surface area (Å²) in [6.45, 7) is -0.268. The molecule has 1 aromatic heterocycles. The van der Waals surface area contributed by atoms with Crippen molar-refractivity contribution in [1.29, 1.82) is 0 Å². The molecule has 0 saturated heterocycles. The smallest absolute Gasteiger partial charge is 0.214 e. The topological polar surface area (TPSA) is 68.2 Å². The average Bonchev–Trinajstić information content (AvgIpc) is 2.95. The molecule has 1 atom stereocenters. The van der Waals surface area contributed by atoms with E-state index in [0.717, 1.165) is 11.1 Å². The van der Waals surface area contributed by atoms with Crippen molar-refractivity contribution in [2.45, 2.75) is 5.92 Å². The Balaban J connectivity index is 2.10. The van der Waals surface area contributed by atoms with Crippen LogP contribution in [0.25, 0.3) is 10.9 Å². The van der Waals surface area contributed by atoms with Crippen LogP contribution in [0.5, 0.6) is 5.75 Å². The highest BCUT2D eigenvalue weighted by Crippen LogP contribution is 2.32. The molecule has 3 rings (SSSR count). The van der Waals surface area contributed by atoms with Gasteiger partial charge in [0.2, 0.25) is 6.54 Å². The summed E-state index contributed by atoms with van der Waals surface area (Å²) in [6.07, 6.45) is 1.71. The standard InChI is InChI=1S/C17H15FN2O3/c1-23-13-5-2-11(3-6-13)16(10-20(21)22)15-9-19-17-7-4-12(18)8-14(15)17/h2-9,16,19H,10H2,1H3/t16-/m1/s1. The molecule has 0 aliphatic rings. The Hall–Kier alpha value is -2.89. The van der Waals surface area contributed by atoms with Gasteiger partial charge in [-0.2, -0.15) is 0 Å². The van der Waals surface area contributed by atoms with Gasteiger partial charge in [0.25, 0.3) is 0 Å². The van der Waals surface area contributed by atoms with Gasteiger partial charge in [-0.05, 0) is 41.5 Å². The van der Waals surface area contributed by atoms with E-state index in [2.05, 4.69) is 4.98 Å². The number of nitrogens with zero attached hydrogens (tertiary/aromatic N) is 1. The van der Waals surface area contributed by atoms with Crippen molar-refractivity contribution < 1.29 is 14.1 Å². The van der Waals surface area contributed by atoms with Crippen LogP contribution in [-0.2, 0) is 0 Å². The number of nitro groups is 1. The van der Waals surface area contributed by atoms with Crippen LogP contribution in [0, 0.1) is 15.9 Å². The summed E-state index contributed by atoms with van der Waals surface area (Å²) in [4.78, 5) is 13.8. The van der Waals surface area contributed by atoms with Crippen LogP contribution in [0.4, 0.5) is 4.39 Å². The average molecular weight is 314 g/mol. The van der Waals surface area contributed by atoms with E-state index in [9.17, 15) is 14.5 Å². The van der Waals surface area contributed by atoms with Crippen molar-refractivity contribution in [3.63, 3.8) is 0 Å². The maximum atomic E-state index is 13.6. The predicted octanol–water partition coefficient (Wildman–Crippen LogP) is 3.72. The molecule has 3 aromatic rings. The molecule has 0 aliphatic carbocycles. The van der Waals surface area contributed by atoms with Crippen LogP contribution >= 0.6 is 0 Å². The van der Waals surface area contributed by atoms with E-state index in [4.69, 9.17) is 4.74 Å². The fraction of sp³-hybridized carbons (Fsp3) is 0.176. The molecule has 0 unspecified atom stereocenters. The number of benzene rings is 2. The number of H-pyrrole nitrogens is 1. The van der Waals surface area contributed by atoms with E-state index in [0.29, 0.717) is 16.7 Å². The van der Waals surface area contributed by atoms with E-state index in [1.165, 1.54) is 12.1 Å². The van der Waals surface area contributed by atoms with Crippen LogP contribution in [0.1, 0.15) is 17.0 Å². The quantitative estimate of drug-likeness (QED) is 0.576. The first kappa shape index (κ1) is 15.0. The first-order valence-corrected chi connectivity index (χ1v) is 7.11. The summed E-state index contributed by atoms with van der Waals surface area (Å²) >= 11 is 0. The first-order valence-electron chi connectivity index (χ1n) is 7.11. The highest BCUT2D eigenvalue weighted by Gasteiger charge is 2.23. The summed E-state index contributed by atoms with van der Waals surface area (Å²) in [5.41, 5.74) is 2.25. The van der Waals surface area contributed by atoms with Crippen molar-refractivity contribution in [3.05, 3.63) is 75.7 Å². The summed E-state index contributed by atoms with van der Waals surface area (Å²) in [5, 5.41) is 11.8. The molecule has 1 N–H and O–H groups in total. The second-order valence-corrected chi connectivity index (χ2v) is 5.27. The van der Waals surface area contributed by atoms with Crippen LogP contribution in [0.2, 0.25) is 0 Å². The Morgan fingerprint density at radius 3 is 2.65 bits per heavy atom. The first-order chi connectivity index (χ1) is 11.1. The van der Waals surface area contributed by atoms with Crippen LogP contribution < -0.4 is 4.74 Å². The number of nitrogens with one attached hydrogen (secondary N) is 1. The Bertz CT molecular complexity index is 843. The van der Waals surface area contributed by atoms with E-state index < -0.39 is 5.92 Å². The number of aromatic nitrogens is 1. The number of methoxy groups -OCH3 is 1. The monoisotopic (exact) mass is 314 g/mol. The summed E-state index contributed by atoms with van der Waals surface area (Å²) in [5.74, 6) is -0.155. The SMILES string of the molecule is COc1ccc([C@@H](C[N+](=O)[O-])c2c[nH]c3ccc(F)cc23)cc1. The van der Waals surface area contributed by atoms with Gasteiger partial charge in [0.15, 0.2) is 0 Å². The van der Waals surface area contributed by atoms with Gasteiger partial charge in [0, 0.05) is 22.0 Å². The lowest BCUT2D eigenvalue weighted by molar-refractivity contribution is -0.481. The highest BCUT2D eigenvalue weighted by molar-refractivity contribution is 5.84. The van der Waals surface area contributed by atoms with E-state index in [1.807, 2.05) is 0 Å². The molecule has 0 radical (unpaired) electrons. The van der Waals surface area contributed by atoms with E-state index in [1.54, 1.807) is 43.6 Å². The lowest BCUT2D eigenvalue weighted by atomic mass is 9.91. The van der Waals surface area contributed by atoms with Gasteiger partial charge in [0.1, 0.15) is 11.6 Å². The number of rotatable bonds is 5. The minimum absolute atomic E-state index is 0.268. The molecular weight excluding hydrogens is 299 g/mol. The molecule has 23 heavy (non-hydrogen) atoms. The molecular formula is C17H15FN2O3. The third kappa shape index (κ3) is 3.01. The largest absolute Gasteiger partial charge is 0.497 e. The van der Waals surface area contributed by atoms with Crippen LogP contribution in [0.3, 0.4) is 0 Å². The zero-order valence-corrected chi connectivity index (χ0v) is 12.5. The van der Waals surface area contributed by atoms with Crippen molar-refractivity contribution in [2.24, 2.45) is 0 Å². The van der Waals surface area contributed by atoms with Gasteiger partial charge >= 0.3 is 0 Å². The van der Waals surface area contributed by atoms with Gasteiger partial charge in [-0.15, -0.1) is 0 Å². The fourth-order valence-corrected chi connectivity index (χ4v) is 2.77. The van der Waals surface area contributed by atoms with Gasteiger partial charge in [-0.25, -0.2) is 4.39 Å². The lowest BCUT2D eigenvalue weighted by Gasteiger charge is -2.13. The Morgan fingerprint density at radius 2 is 2.00 bits per heavy atom. The third-order valence-corrected chi connectivity index (χ3v) is 3.90. The lowest BCUT2D eigenvalue weighted by Crippen LogP contribution is -2.13. The molecule has 0 fully saturated rings. The van der Waals surface area contributed by atoms with E-state index in [-0.39, 0.29) is 17.3 Å². The number of fused-ring (bicyclic) bond motifs is 1. The zero-order chi connectivity index (χ0) is 16.4. The minimum Gasteiger partial charge on any atom is -0.497 e. The van der Waals surface area contributed by atoms with Crippen molar-refractivity contribution in [2.75, 3.05) is 13.7 Å². The molecule has 0 bridgehead atoms. The van der Waals surface area contributed by atoms with Crippen molar-refractivity contribution in [1.82, 2.24) is 4.98 Å². The van der Waals surface area contributed by atoms with Gasteiger partial charge in [-0.3, -0.25) is 10.1 Å². The summed E-state index contributed by atoms with van der Waals surface area (Å²) in [7, 11) is 1.56. The van der Waals surface area contributed by atoms with Crippen LogP contribution in [-0.4, -0.2) is 23.6 Å². The Labute approximate surface area is 131 Å². The zero-order valence-electron chi connectivity index (χ0n) is 12.5. The molecule has 5 nitrogen and oxygen atoms in total. The number of ether oxygens (including phenoxy) is 1. The second kappa shape index (κ2) is 6.08. The number of aromatic amines is 1.